The Labute approximate surface area is 224 Å². The molecule has 2 aromatic heterocycles. The number of carbonyl (C=O) groups excluding carboxylic acids is 1. The molecule has 4 aromatic rings. The third-order valence-electron chi connectivity index (χ3n) is 6.65. The van der Waals surface area contributed by atoms with Gasteiger partial charge in [0.05, 0.1) is 5.75 Å². The van der Waals surface area contributed by atoms with E-state index in [0.717, 1.165) is 53.4 Å². The molecule has 2 aromatic carbocycles. The normalized spacial score (nSPS) is 15.3. The zero-order valence-corrected chi connectivity index (χ0v) is 22.1. The van der Waals surface area contributed by atoms with Gasteiger partial charge in [-0.15, -0.1) is 10.2 Å². The quantitative estimate of drug-likeness (QED) is 0.329. The lowest BCUT2D eigenvalue weighted by atomic mass is 10.1. The number of benzene rings is 2. The standard InChI is InChI=1S/C27H28N6O4S/c1-18-4-3-5-21(12-18)33-19(2)29-30-27(33)38-16-25-28-22(15-35-25)26(34)32-10-8-31(9-11-32)14-20-6-7-23-24(13-20)37-17-36-23/h3-7,12-13,15H,8-11,14,16-17H2,1-2H3. The van der Waals surface area contributed by atoms with Crippen LogP contribution in [0.25, 0.3) is 5.69 Å². The van der Waals surface area contributed by atoms with E-state index in [1.165, 1.54) is 23.6 Å². The fraction of sp³-hybridized carbons (Fsp3) is 0.333. The van der Waals surface area contributed by atoms with Crippen molar-refractivity contribution in [1.82, 2.24) is 29.5 Å². The number of oxazole rings is 1. The molecule has 10 nitrogen and oxygen atoms in total. The summed E-state index contributed by atoms with van der Waals surface area (Å²) in [5.74, 6) is 3.21. The first kappa shape index (κ1) is 24.5. The molecule has 38 heavy (non-hydrogen) atoms. The van der Waals surface area contributed by atoms with E-state index < -0.39 is 0 Å². The molecule has 0 unspecified atom stereocenters. The van der Waals surface area contributed by atoms with Gasteiger partial charge in [0.25, 0.3) is 5.91 Å². The summed E-state index contributed by atoms with van der Waals surface area (Å²) in [6, 6.07) is 14.2. The lowest BCUT2D eigenvalue weighted by Crippen LogP contribution is -2.48. The Morgan fingerprint density at radius 2 is 1.84 bits per heavy atom. The third kappa shape index (κ3) is 5.11. The highest BCUT2D eigenvalue weighted by molar-refractivity contribution is 7.98. The molecule has 0 aliphatic carbocycles. The predicted molar refractivity (Wildman–Crippen MR) is 141 cm³/mol. The fourth-order valence-corrected chi connectivity index (χ4v) is 5.52. The first-order valence-corrected chi connectivity index (χ1v) is 13.5. The van der Waals surface area contributed by atoms with Gasteiger partial charge in [-0.1, -0.05) is 30.0 Å². The summed E-state index contributed by atoms with van der Waals surface area (Å²) < 4.78 is 18.5. The number of nitrogens with zero attached hydrogens (tertiary/aromatic N) is 6. The van der Waals surface area contributed by atoms with Crippen LogP contribution < -0.4 is 9.47 Å². The Kier molecular flexibility index (Phi) is 6.77. The average Bonchev–Trinajstić information content (AvgIpc) is 3.67. The van der Waals surface area contributed by atoms with Gasteiger partial charge in [0.15, 0.2) is 22.3 Å². The number of fused-ring (bicyclic) bond motifs is 1. The van der Waals surface area contributed by atoms with Gasteiger partial charge in [0, 0.05) is 38.4 Å². The largest absolute Gasteiger partial charge is 0.454 e. The molecule has 0 saturated carbocycles. The van der Waals surface area contributed by atoms with Crippen molar-refractivity contribution in [2.45, 2.75) is 31.3 Å². The third-order valence-corrected chi connectivity index (χ3v) is 7.57. The summed E-state index contributed by atoms with van der Waals surface area (Å²) in [6.07, 6.45) is 1.45. The molecule has 0 radical (unpaired) electrons. The van der Waals surface area contributed by atoms with Crippen LogP contribution >= 0.6 is 11.8 Å². The summed E-state index contributed by atoms with van der Waals surface area (Å²) in [5.41, 5.74) is 3.68. The van der Waals surface area contributed by atoms with Crippen LogP contribution in [-0.4, -0.2) is 68.4 Å². The molecule has 11 heteroatoms. The average molecular weight is 533 g/mol. The number of ether oxygens (including phenoxy) is 2. The van der Waals surface area contributed by atoms with E-state index in [2.05, 4.69) is 45.2 Å². The fourth-order valence-electron chi connectivity index (χ4n) is 4.67. The van der Waals surface area contributed by atoms with Crippen molar-refractivity contribution in [2.24, 2.45) is 0 Å². The van der Waals surface area contributed by atoms with Crippen molar-refractivity contribution in [2.75, 3.05) is 33.0 Å². The lowest BCUT2D eigenvalue weighted by molar-refractivity contribution is 0.0622. The van der Waals surface area contributed by atoms with Crippen molar-refractivity contribution >= 4 is 17.7 Å². The first-order chi connectivity index (χ1) is 18.5. The molecule has 4 heterocycles. The minimum Gasteiger partial charge on any atom is -0.454 e. The van der Waals surface area contributed by atoms with E-state index in [-0.39, 0.29) is 12.7 Å². The van der Waals surface area contributed by atoms with Gasteiger partial charge in [-0.25, -0.2) is 4.98 Å². The Balaban J connectivity index is 1.03. The highest BCUT2D eigenvalue weighted by Crippen LogP contribution is 2.33. The molecule has 1 amide bonds. The van der Waals surface area contributed by atoms with E-state index in [4.69, 9.17) is 13.9 Å². The maximum atomic E-state index is 13.1. The van der Waals surface area contributed by atoms with Crippen LogP contribution in [0.15, 0.2) is 58.3 Å². The van der Waals surface area contributed by atoms with Gasteiger partial charge in [0.1, 0.15) is 12.1 Å². The van der Waals surface area contributed by atoms with Crippen LogP contribution in [0.4, 0.5) is 0 Å². The molecule has 1 fully saturated rings. The topological polar surface area (TPSA) is 98.8 Å². The molecule has 2 aliphatic rings. The maximum Gasteiger partial charge on any atom is 0.275 e. The van der Waals surface area contributed by atoms with Crippen molar-refractivity contribution in [3.63, 3.8) is 0 Å². The second-order valence-electron chi connectivity index (χ2n) is 9.38. The molecular weight excluding hydrogens is 504 g/mol. The highest BCUT2D eigenvalue weighted by atomic mass is 32.2. The summed E-state index contributed by atoms with van der Waals surface area (Å²) in [7, 11) is 0. The molecule has 0 atom stereocenters. The molecule has 0 bridgehead atoms. The Bertz CT molecular complexity index is 1460. The van der Waals surface area contributed by atoms with Gasteiger partial charge in [-0.05, 0) is 49.2 Å². The summed E-state index contributed by atoms with van der Waals surface area (Å²) >= 11 is 1.48. The van der Waals surface area contributed by atoms with Gasteiger partial charge >= 0.3 is 0 Å². The Morgan fingerprint density at radius 3 is 2.68 bits per heavy atom. The zero-order valence-electron chi connectivity index (χ0n) is 21.3. The number of rotatable bonds is 7. The van der Waals surface area contributed by atoms with Crippen molar-refractivity contribution < 1.29 is 18.7 Å². The number of piperazine rings is 1. The molecule has 0 N–H and O–H groups in total. The number of carbonyl (C=O) groups is 1. The molecule has 2 aliphatic heterocycles. The van der Waals surface area contributed by atoms with Crippen LogP contribution in [0.5, 0.6) is 11.5 Å². The van der Waals surface area contributed by atoms with Crippen molar-refractivity contribution in [3.05, 3.63) is 77.3 Å². The van der Waals surface area contributed by atoms with E-state index >= 15 is 0 Å². The number of aromatic nitrogens is 4. The smallest absolute Gasteiger partial charge is 0.275 e. The predicted octanol–water partition coefficient (Wildman–Crippen LogP) is 3.85. The maximum absolute atomic E-state index is 13.1. The van der Waals surface area contributed by atoms with Gasteiger partial charge in [-0.3, -0.25) is 14.3 Å². The van der Waals surface area contributed by atoms with Gasteiger partial charge in [0.2, 0.25) is 12.7 Å². The minimum atomic E-state index is -0.105. The monoisotopic (exact) mass is 532 g/mol. The van der Waals surface area contributed by atoms with E-state index in [1.54, 1.807) is 0 Å². The molecule has 1 saturated heterocycles. The van der Waals surface area contributed by atoms with E-state index in [9.17, 15) is 4.79 Å². The van der Waals surface area contributed by atoms with Gasteiger partial charge in [-0.2, -0.15) is 0 Å². The van der Waals surface area contributed by atoms with E-state index in [0.29, 0.717) is 30.4 Å². The molecular formula is C27H28N6O4S. The number of amides is 1. The number of thioether (sulfide) groups is 1. The van der Waals surface area contributed by atoms with E-state index in [1.807, 2.05) is 40.7 Å². The number of hydrogen-bond donors (Lipinski definition) is 0. The summed E-state index contributed by atoms with van der Waals surface area (Å²) in [4.78, 5) is 21.7. The highest BCUT2D eigenvalue weighted by Gasteiger charge is 2.25. The van der Waals surface area contributed by atoms with Crippen molar-refractivity contribution in [1.29, 1.82) is 0 Å². The zero-order chi connectivity index (χ0) is 26.1. The second-order valence-corrected chi connectivity index (χ2v) is 10.3. The van der Waals surface area contributed by atoms with Gasteiger partial charge < -0.3 is 18.8 Å². The first-order valence-electron chi connectivity index (χ1n) is 12.5. The second kappa shape index (κ2) is 10.5. The van der Waals surface area contributed by atoms with Crippen molar-refractivity contribution in [3.8, 4) is 17.2 Å². The SMILES string of the molecule is Cc1cccc(-n2c(C)nnc2SCc2nc(C(=O)N3CCN(Cc4ccc5c(c4)OCO5)CC3)co2)c1. The van der Waals surface area contributed by atoms with Crippen LogP contribution in [0.3, 0.4) is 0 Å². The number of hydrogen-bond acceptors (Lipinski definition) is 9. The van der Waals surface area contributed by atoms with Crippen LogP contribution in [0.2, 0.25) is 0 Å². The summed E-state index contributed by atoms with van der Waals surface area (Å²) in [6.45, 7) is 7.91. The number of aryl methyl sites for hydroxylation is 2. The van der Waals surface area contributed by atoms with Crippen LogP contribution in [-0.2, 0) is 12.3 Å². The molecule has 0 spiro atoms. The molecule has 196 valence electrons. The molecule has 6 rings (SSSR count). The Morgan fingerprint density at radius 1 is 1.00 bits per heavy atom. The summed E-state index contributed by atoms with van der Waals surface area (Å²) in [5, 5.41) is 9.31. The Hall–Kier alpha value is -3.83. The minimum absolute atomic E-state index is 0.105. The lowest BCUT2D eigenvalue weighted by Gasteiger charge is -2.34. The van der Waals surface area contributed by atoms with Crippen LogP contribution in [0.1, 0.15) is 33.3 Å². The van der Waals surface area contributed by atoms with Crippen LogP contribution in [0, 0.1) is 13.8 Å².